The molecule has 1 aliphatic carbocycles. The average Bonchev–Trinajstić information content (AvgIpc) is 3.07. The van der Waals surface area contributed by atoms with Gasteiger partial charge >= 0.3 is 7.12 Å². The Hall–Kier alpha value is -2.90. The van der Waals surface area contributed by atoms with Crippen molar-refractivity contribution in [3.63, 3.8) is 0 Å². The summed E-state index contributed by atoms with van der Waals surface area (Å²) in [6.45, 7) is 5.75. The quantitative estimate of drug-likeness (QED) is 0.523. The number of aromatic hydroxyl groups is 1. The lowest BCUT2D eigenvalue weighted by molar-refractivity contribution is -0.123. The Morgan fingerprint density at radius 3 is 2.38 bits per heavy atom. The fraction of sp³-hybridized carbons (Fsp3) is 0.407. The number of anilines is 1. The second kappa shape index (κ2) is 8.71. The summed E-state index contributed by atoms with van der Waals surface area (Å²) in [5, 5.41) is 21.3. The number of rotatable bonds is 4. The van der Waals surface area contributed by atoms with Crippen LogP contribution in [0.1, 0.15) is 55.4 Å². The number of para-hydroxylation sites is 1. The van der Waals surface area contributed by atoms with Gasteiger partial charge < -0.3 is 14.8 Å². The van der Waals surface area contributed by atoms with E-state index < -0.39 is 25.1 Å². The summed E-state index contributed by atoms with van der Waals surface area (Å²) in [6, 6.07) is 12.8. The first-order valence-electron chi connectivity index (χ1n) is 12.1. The van der Waals surface area contributed by atoms with Crippen LogP contribution in [0.25, 0.3) is 0 Å². The Morgan fingerprint density at radius 1 is 1.06 bits per heavy atom. The third-order valence-corrected chi connectivity index (χ3v) is 7.66. The molecular weight excluding hydrogens is 429 g/mol. The Bertz CT molecular complexity index is 1150. The number of fused-ring (bicyclic) bond motifs is 3. The van der Waals surface area contributed by atoms with Crippen LogP contribution in [0.2, 0.25) is 0 Å². The van der Waals surface area contributed by atoms with Gasteiger partial charge in [0, 0.05) is 0 Å². The number of phenols is 1. The van der Waals surface area contributed by atoms with E-state index in [9.17, 15) is 19.7 Å². The van der Waals surface area contributed by atoms with Crippen LogP contribution in [0.15, 0.2) is 53.5 Å². The molecule has 0 spiro atoms. The van der Waals surface area contributed by atoms with E-state index in [1.165, 1.54) is 4.90 Å². The Labute approximate surface area is 200 Å². The molecule has 2 amide bonds. The van der Waals surface area contributed by atoms with Gasteiger partial charge in [0.05, 0.1) is 23.6 Å². The van der Waals surface area contributed by atoms with Crippen molar-refractivity contribution in [2.45, 2.75) is 52.6 Å². The van der Waals surface area contributed by atoms with Gasteiger partial charge in [-0.3, -0.25) is 14.5 Å². The molecule has 0 saturated carbocycles. The van der Waals surface area contributed by atoms with E-state index in [2.05, 4.69) is 6.92 Å². The maximum absolute atomic E-state index is 13.7. The van der Waals surface area contributed by atoms with Crippen LogP contribution >= 0.6 is 0 Å². The summed E-state index contributed by atoms with van der Waals surface area (Å²) in [7, 11) is -1.12. The smallest absolute Gasteiger partial charge is 0.487 e. The van der Waals surface area contributed by atoms with Gasteiger partial charge in [0.15, 0.2) is 0 Å². The highest BCUT2D eigenvalue weighted by molar-refractivity contribution is 6.53. The van der Waals surface area contributed by atoms with Crippen molar-refractivity contribution < 1.29 is 24.4 Å². The molecule has 7 heteroatoms. The van der Waals surface area contributed by atoms with Gasteiger partial charge in [-0.1, -0.05) is 37.1 Å². The molecule has 2 aromatic rings. The zero-order chi connectivity index (χ0) is 24.1. The van der Waals surface area contributed by atoms with E-state index in [0.29, 0.717) is 18.5 Å². The summed E-state index contributed by atoms with van der Waals surface area (Å²) in [5.41, 5.74) is 4.78. The predicted octanol–water partition coefficient (Wildman–Crippen LogP) is 4.41. The molecule has 6 nitrogen and oxygen atoms in total. The lowest BCUT2D eigenvalue weighted by Gasteiger charge is -2.42. The Morgan fingerprint density at radius 2 is 1.74 bits per heavy atom. The molecule has 2 fully saturated rings. The van der Waals surface area contributed by atoms with Crippen molar-refractivity contribution >= 4 is 24.6 Å². The second-order valence-corrected chi connectivity index (χ2v) is 9.82. The zero-order valence-corrected chi connectivity index (χ0v) is 19.8. The Balaban J connectivity index is 1.56. The summed E-state index contributed by atoms with van der Waals surface area (Å²) in [6.07, 6.45) is 2.22. The molecule has 0 aromatic heterocycles. The minimum Gasteiger partial charge on any atom is -0.507 e. The number of nitrogens with zero attached hydrogens (tertiary/aromatic N) is 1. The number of phenolic OH excluding ortho intramolecular Hbond substituents is 1. The standard InChI is InChI=1S/C27H30BNO5/c1-4-8-17-13-21-23(27(32)29(26(21)31)19-9-6-5-7-10-19)20-14-22(34-28(33)24(17)20)18-11-15(2)25(30)16(3)12-18/h5-7,9-12,20-23,30,33H,4,8,13-14H2,1-3H3/t20-,21-,22-,23+/m0/s1. The number of aryl methyl sites for hydroxylation is 2. The van der Waals surface area contributed by atoms with Gasteiger partial charge in [-0.15, -0.1) is 0 Å². The highest BCUT2D eigenvalue weighted by atomic mass is 16.5. The molecule has 2 heterocycles. The molecule has 2 aliphatic heterocycles. The average molecular weight is 459 g/mol. The number of carbonyl (C=O) groups is 2. The number of allylic oxidation sites excluding steroid dienone is 2. The lowest BCUT2D eigenvalue weighted by atomic mass is 9.54. The maximum atomic E-state index is 13.7. The summed E-state index contributed by atoms with van der Waals surface area (Å²) >= 11 is 0. The van der Waals surface area contributed by atoms with Gasteiger partial charge in [-0.2, -0.15) is 0 Å². The molecule has 3 aliphatic rings. The van der Waals surface area contributed by atoms with Crippen LogP contribution in [-0.2, 0) is 14.2 Å². The first-order chi connectivity index (χ1) is 16.3. The Kier molecular flexibility index (Phi) is 5.86. The van der Waals surface area contributed by atoms with Crippen LogP contribution in [-0.4, -0.2) is 29.1 Å². The monoisotopic (exact) mass is 459 g/mol. The van der Waals surface area contributed by atoms with Gasteiger partial charge in [0.25, 0.3) is 0 Å². The molecule has 34 heavy (non-hydrogen) atoms. The largest absolute Gasteiger partial charge is 0.507 e. The van der Waals surface area contributed by atoms with E-state index in [4.69, 9.17) is 4.65 Å². The highest BCUT2D eigenvalue weighted by Crippen LogP contribution is 2.52. The molecule has 2 aromatic carbocycles. The van der Waals surface area contributed by atoms with E-state index >= 15 is 0 Å². The number of amides is 2. The number of hydrogen-bond donors (Lipinski definition) is 2. The number of benzene rings is 2. The van der Waals surface area contributed by atoms with Crippen LogP contribution in [0, 0.1) is 31.6 Å². The highest BCUT2D eigenvalue weighted by Gasteiger charge is 2.58. The van der Waals surface area contributed by atoms with Gasteiger partial charge in [0.2, 0.25) is 11.8 Å². The first kappa shape index (κ1) is 22.9. The summed E-state index contributed by atoms with van der Waals surface area (Å²) in [5.74, 6) is -1.29. The second-order valence-electron chi connectivity index (χ2n) is 9.82. The van der Waals surface area contributed by atoms with Crippen molar-refractivity contribution in [2.75, 3.05) is 4.90 Å². The van der Waals surface area contributed by atoms with Crippen molar-refractivity contribution in [3.05, 3.63) is 70.2 Å². The van der Waals surface area contributed by atoms with E-state index in [0.717, 1.165) is 40.6 Å². The maximum Gasteiger partial charge on any atom is 0.487 e. The van der Waals surface area contributed by atoms with Gasteiger partial charge in [-0.25, -0.2) is 0 Å². The molecule has 5 rings (SSSR count). The van der Waals surface area contributed by atoms with Crippen molar-refractivity contribution in [1.82, 2.24) is 0 Å². The third-order valence-electron chi connectivity index (χ3n) is 7.66. The third kappa shape index (κ3) is 3.58. The van der Waals surface area contributed by atoms with Crippen molar-refractivity contribution in [3.8, 4) is 5.75 Å². The fourth-order valence-corrected chi connectivity index (χ4v) is 6.17. The molecule has 4 atom stereocenters. The van der Waals surface area contributed by atoms with Crippen LogP contribution < -0.4 is 4.90 Å². The molecule has 0 bridgehead atoms. The van der Waals surface area contributed by atoms with E-state index in [-0.39, 0.29) is 23.5 Å². The van der Waals surface area contributed by atoms with Gasteiger partial charge in [0.1, 0.15) is 5.75 Å². The fourth-order valence-electron chi connectivity index (χ4n) is 6.17. The van der Waals surface area contributed by atoms with Crippen LogP contribution in [0.4, 0.5) is 5.69 Å². The van der Waals surface area contributed by atoms with Crippen molar-refractivity contribution in [1.29, 1.82) is 0 Å². The first-order valence-corrected chi connectivity index (χ1v) is 12.1. The van der Waals surface area contributed by atoms with Crippen LogP contribution in [0.3, 0.4) is 0 Å². The van der Waals surface area contributed by atoms with Gasteiger partial charge in [-0.05, 0) is 85.5 Å². The minimum atomic E-state index is -1.12. The predicted molar refractivity (Wildman–Crippen MR) is 130 cm³/mol. The summed E-state index contributed by atoms with van der Waals surface area (Å²) < 4.78 is 6.10. The van der Waals surface area contributed by atoms with E-state index in [1.807, 2.05) is 44.2 Å². The van der Waals surface area contributed by atoms with E-state index in [1.54, 1.807) is 12.1 Å². The zero-order valence-electron chi connectivity index (χ0n) is 19.8. The van der Waals surface area contributed by atoms with Crippen LogP contribution in [0.5, 0.6) is 5.75 Å². The molecule has 2 saturated heterocycles. The molecular formula is C27H30BNO5. The SMILES string of the molecule is CCCC1=C2B(O)O[C@H](c3cc(C)c(O)c(C)c3)C[C@H]2[C@H]2C(=O)N(c3ccccc3)C(=O)[C@H]2C1. The summed E-state index contributed by atoms with van der Waals surface area (Å²) in [4.78, 5) is 28.5. The normalized spacial score (nSPS) is 26.7. The molecule has 0 unspecified atom stereocenters. The molecule has 2 N–H and O–H groups in total. The van der Waals surface area contributed by atoms with Crippen molar-refractivity contribution in [2.24, 2.45) is 17.8 Å². The molecule has 0 radical (unpaired) electrons. The molecule has 176 valence electrons. The minimum absolute atomic E-state index is 0.150. The topological polar surface area (TPSA) is 87.1 Å². The number of carbonyl (C=O) groups excluding carboxylic acids is 2. The lowest BCUT2D eigenvalue weighted by Crippen LogP contribution is -2.45. The number of hydrogen-bond acceptors (Lipinski definition) is 5. The number of imide groups is 1.